The van der Waals surface area contributed by atoms with Gasteiger partial charge >= 0.3 is 5.91 Å². The molecule has 1 aromatic carbocycles. The summed E-state index contributed by atoms with van der Waals surface area (Å²) in [6.07, 6.45) is 2.00. The Labute approximate surface area is 181 Å². The molecule has 30 heavy (non-hydrogen) atoms. The number of aromatic nitrogens is 1. The van der Waals surface area contributed by atoms with Crippen molar-refractivity contribution in [2.45, 2.75) is 12.5 Å². The van der Waals surface area contributed by atoms with Crippen molar-refractivity contribution in [1.29, 1.82) is 0 Å². The maximum atomic E-state index is 13.1. The van der Waals surface area contributed by atoms with Gasteiger partial charge in [-0.3, -0.25) is 4.79 Å². The van der Waals surface area contributed by atoms with Crippen LogP contribution in [0.25, 0.3) is 10.9 Å². The Morgan fingerprint density at radius 1 is 1.27 bits per heavy atom. The van der Waals surface area contributed by atoms with Crippen LogP contribution >= 0.6 is 22.9 Å². The molecular formula is C22H16ClN3O3S. The number of thiophene rings is 1. The SMILES string of the molecule is COc1ccc2nc(Cl)c([C@@H]3CC(c4cccs4)=NN3C(=O)c3ccco3)cc2c1. The van der Waals surface area contributed by atoms with Gasteiger partial charge in [-0.25, -0.2) is 9.99 Å². The molecule has 1 aliphatic rings. The van der Waals surface area contributed by atoms with Gasteiger partial charge in [-0.05, 0) is 47.8 Å². The van der Waals surface area contributed by atoms with Crippen molar-refractivity contribution in [3.63, 3.8) is 0 Å². The van der Waals surface area contributed by atoms with Crippen LogP contribution in [0.5, 0.6) is 5.75 Å². The van der Waals surface area contributed by atoms with Crippen molar-refractivity contribution in [2.75, 3.05) is 7.11 Å². The highest BCUT2D eigenvalue weighted by molar-refractivity contribution is 7.12. The summed E-state index contributed by atoms with van der Waals surface area (Å²) in [7, 11) is 1.62. The average Bonchev–Trinajstić information content (AvgIpc) is 3.53. The van der Waals surface area contributed by atoms with Crippen LogP contribution < -0.4 is 4.74 Å². The molecule has 1 aliphatic heterocycles. The summed E-state index contributed by atoms with van der Waals surface area (Å²) in [5, 5.41) is 9.30. The smallest absolute Gasteiger partial charge is 0.310 e. The second kappa shape index (κ2) is 7.59. The minimum Gasteiger partial charge on any atom is -0.497 e. The van der Waals surface area contributed by atoms with Gasteiger partial charge < -0.3 is 9.15 Å². The van der Waals surface area contributed by atoms with E-state index in [9.17, 15) is 4.79 Å². The first-order valence-electron chi connectivity index (χ1n) is 9.26. The molecule has 0 fully saturated rings. The van der Waals surface area contributed by atoms with E-state index >= 15 is 0 Å². The Bertz CT molecular complexity index is 1250. The summed E-state index contributed by atoms with van der Waals surface area (Å²) < 4.78 is 10.7. The van der Waals surface area contributed by atoms with Crippen molar-refractivity contribution >= 4 is 45.5 Å². The van der Waals surface area contributed by atoms with E-state index in [0.29, 0.717) is 11.6 Å². The van der Waals surface area contributed by atoms with Crippen LogP contribution in [0.3, 0.4) is 0 Å². The number of nitrogens with zero attached hydrogens (tertiary/aromatic N) is 3. The lowest BCUT2D eigenvalue weighted by atomic mass is 10.0. The monoisotopic (exact) mass is 437 g/mol. The Hall–Kier alpha value is -3.16. The minimum absolute atomic E-state index is 0.225. The molecule has 0 N–H and O–H groups in total. The zero-order valence-electron chi connectivity index (χ0n) is 15.9. The number of ether oxygens (including phenoxy) is 1. The lowest BCUT2D eigenvalue weighted by Crippen LogP contribution is -2.27. The fraction of sp³-hybridized carbons (Fsp3) is 0.136. The van der Waals surface area contributed by atoms with E-state index in [1.54, 1.807) is 30.6 Å². The Kier molecular flexibility index (Phi) is 4.77. The number of rotatable bonds is 4. The third-order valence-corrected chi connectivity index (χ3v) is 6.24. The zero-order valence-corrected chi connectivity index (χ0v) is 17.5. The molecule has 0 aliphatic carbocycles. The van der Waals surface area contributed by atoms with Crippen molar-refractivity contribution in [2.24, 2.45) is 5.10 Å². The molecule has 0 spiro atoms. The second-order valence-electron chi connectivity index (χ2n) is 6.80. The number of benzene rings is 1. The van der Waals surface area contributed by atoms with Crippen LogP contribution in [-0.4, -0.2) is 28.7 Å². The van der Waals surface area contributed by atoms with E-state index < -0.39 is 6.04 Å². The third-order valence-electron chi connectivity index (χ3n) is 5.02. The predicted molar refractivity (Wildman–Crippen MR) is 116 cm³/mol. The molecule has 8 heteroatoms. The van der Waals surface area contributed by atoms with Gasteiger partial charge in [0.15, 0.2) is 5.76 Å². The number of pyridine rings is 1. The van der Waals surface area contributed by atoms with Crippen molar-refractivity contribution in [3.05, 3.63) is 81.5 Å². The molecule has 0 radical (unpaired) electrons. The van der Waals surface area contributed by atoms with Crippen molar-refractivity contribution in [3.8, 4) is 5.75 Å². The molecular weight excluding hydrogens is 422 g/mol. The van der Waals surface area contributed by atoms with Gasteiger partial charge in [0.05, 0.1) is 35.5 Å². The van der Waals surface area contributed by atoms with Crippen molar-refractivity contribution in [1.82, 2.24) is 9.99 Å². The van der Waals surface area contributed by atoms with E-state index in [2.05, 4.69) is 10.1 Å². The topological polar surface area (TPSA) is 67.9 Å². The molecule has 4 heterocycles. The minimum atomic E-state index is -0.393. The lowest BCUT2D eigenvalue weighted by Gasteiger charge is -2.22. The summed E-state index contributed by atoms with van der Waals surface area (Å²) in [5.74, 6) is 0.629. The van der Waals surface area contributed by atoms with Crippen molar-refractivity contribution < 1.29 is 13.9 Å². The highest BCUT2D eigenvalue weighted by Gasteiger charge is 2.36. The molecule has 1 atom stereocenters. The zero-order chi connectivity index (χ0) is 20.7. The summed E-state index contributed by atoms with van der Waals surface area (Å²) in [6.45, 7) is 0. The maximum absolute atomic E-state index is 13.1. The van der Waals surface area contributed by atoms with E-state index in [1.807, 2.05) is 41.8 Å². The summed E-state index contributed by atoms with van der Waals surface area (Å²) in [4.78, 5) is 18.7. The number of hydrogen-bond acceptors (Lipinski definition) is 6. The van der Waals surface area contributed by atoms with Gasteiger partial charge in [0.1, 0.15) is 10.9 Å². The molecule has 5 rings (SSSR count). The summed E-state index contributed by atoms with van der Waals surface area (Å²) in [6, 6.07) is 14.4. The number of amides is 1. The van der Waals surface area contributed by atoms with Gasteiger partial charge in [-0.2, -0.15) is 5.10 Å². The fourth-order valence-electron chi connectivity index (χ4n) is 3.55. The quantitative estimate of drug-likeness (QED) is 0.393. The molecule has 3 aromatic heterocycles. The number of fused-ring (bicyclic) bond motifs is 1. The molecule has 0 saturated carbocycles. The third kappa shape index (κ3) is 3.26. The first-order valence-corrected chi connectivity index (χ1v) is 10.5. The van der Waals surface area contributed by atoms with E-state index in [1.165, 1.54) is 11.3 Å². The molecule has 0 unspecified atom stereocenters. The highest BCUT2D eigenvalue weighted by Crippen LogP contribution is 2.39. The molecule has 0 saturated heterocycles. The van der Waals surface area contributed by atoms with Gasteiger partial charge in [-0.1, -0.05) is 17.7 Å². The number of hydrogen-bond donors (Lipinski definition) is 0. The molecule has 150 valence electrons. The standard InChI is InChI=1S/C22H16ClN3O3S/c1-28-14-6-7-16-13(10-14)11-15(21(23)24-16)18-12-17(20-5-3-9-30-20)25-26(18)22(27)19-4-2-8-29-19/h2-11,18H,12H2,1H3/t18-/m0/s1. The van der Waals surface area contributed by atoms with Crippen LogP contribution in [0, 0.1) is 0 Å². The Morgan fingerprint density at radius 2 is 2.17 bits per heavy atom. The van der Waals surface area contributed by atoms with Gasteiger partial charge in [0, 0.05) is 17.4 Å². The van der Waals surface area contributed by atoms with Crippen LogP contribution in [0.2, 0.25) is 5.15 Å². The van der Waals surface area contributed by atoms with Gasteiger partial charge in [-0.15, -0.1) is 11.3 Å². The number of methoxy groups -OCH3 is 1. The molecule has 1 amide bonds. The Balaban J connectivity index is 1.60. The van der Waals surface area contributed by atoms with Crippen LogP contribution in [0.4, 0.5) is 0 Å². The molecule has 0 bridgehead atoms. The highest BCUT2D eigenvalue weighted by atomic mass is 35.5. The number of carbonyl (C=O) groups excluding carboxylic acids is 1. The van der Waals surface area contributed by atoms with Crippen LogP contribution in [-0.2, 0) is 0 Å². The van der Waals surface area contributed by atoms with E-state index in [-0.39, 0.29) is 11.7 Å². The van der Waals surface area contributed by atoms with E-state index in [4.69, 9.17) is 20.8 Å². The first-order chi connectivity index (χ1) is 14.6. The van der Waals surface area contributed by atoms with Crippen LogP contribution in [0.15, 0.2) is 69.7 Å². The number of halogens is 1. The first kappa shape index (κ1) is 18.8. The summed E-state index contributed by atoms with van der Waals surface area (Å²) in [5.41, 5.74) is 2.32. The number of furan rings is 1. The second-order valence-corrected chi connectivity index (χ2v) is 8.10. The average molecular weight is 438 g/mol. The predicted octanol–water partition coefficient (Wildman–Crippen LogP) is 5.54. The maximum Gasteiger partial charge on any atom is 0.310 e. The molecule has 4 aromatic rings. The summed E-state index contributed by atoms with van der Waals surface area (Å²) >= 11 is 8.16. The Morgan fingerprint density at radius 3 is 2.90 bits per heavy atom. The largest absolute Gasteiger partial charge is 0.497 e. The van der Waals surface area contributed by atoms with Gasteiger partial charge in [0.2, 0.25) is 0 Å². The van der Waals surface area contributed by atoms with Gasteiger partial charge in [0.25, 0.3) is 0 Å². The number of hydrazone groups is 1. The number of carbonyl (C=O) groups is 1. The fourth-order valence-corrected chi connectivity index (χ4v) is 4.55. The molecule has 6 nitrogen and oxygen atoms in total. The van der Waals surface area contributed by atoms with Crippen LogP contribution in [0.1, 0.15) is 33.5 Å². The van der Waals surface area contributed by atoms with E-state index in [0.717, 1.165) is 32.8 Å². The normalized spacial score (nSPS) is 16.1. The lowest BCUT2D eigenvalue weighted by molar-refractivity contribution is 0.0678.